The van der Waals surface area contributed by atoms with Crippen LogP contribution in [0.25, 0.3) is 0 Å². The summed E-state index contributed by atoms with van der Waals surface area (Å²) in [6.07, 6.45) is 0. The molecule has 0 atom stereocenters. The normalized spacial score (nSPS) is 10.0. The van der Waals surface area contributed by atoms with Gasteiger partial charge in [0.2, 0.25) is 0 Å². The van der Waals surface area contributed by atoms with Crippen molar-refractivity contribution in [2.24, 2.45) is 0 Å². The number of carbonyl (C=O) groups is 1. The average molecular weight is 302 g/mol. The molecule has 17 heavy (non-hydrogen) atoms. The first-order valence-corrected chi connectivity index (χ1v) is 6.46. The minimum absolute atomic E-state index is 0.119. The van der Waals surface area contributed by atoms with Crippen LogP contribution >= 0.6 is 15.9 Å². The van der Waals surface area contributed by atoms with Crippen molar-refractivity contribution in [2.75, 3.05) is 32.2 Å². The van der Waals surface area contributed by atoms with E-state index in [1.54, 1.807) is 31.4 Å². The highest BCUT2D eigenvalue weighted by molar-refractivity contribution is 9.09. The lowest BCUT2D eigenvalue weighted by Crippen LogP contribution is -2.27. The Morgan fingerprint density at radius 2 is 2.24 bits per heavy atom. The number of hydrogen-bond acceptors (Lipinski definition) is 3. The summed E-state index contributed by atoms with van der Waals surface area (Å²) in [5.41, 5.74) is 0.588. The van der Waals surface area contributed by atoms with Crippen LogP contribution in [0.2, 0.25) is 0 Å². The molecule has 0 aliphatic carbocycles. The fraction of sp³-hybridized carbons (Fsp3) is 0.417. The van der Waals surface area contributed by atoms with E-state index in [4.69, 9.17) is 9.47 Å². The largest absolute Gasteiger partial charge is 0.497 e. The van der Waals surface area contributed by atoms with Crippen molar-refractivity contribution in [3.63, 3.8) is 0 Å². The molecule has 0 aliphatic rings. The Kier molecular flexibility index (Phi) is 6.65. The van der Waals surface area contributed by atoms with Crippen molar-refractivity contribution >= 4 is 21.8 Å². The van der Waals surface area contributed by atoms with Crippen molar-refractivity contribution in [1.82, 2.24) is 5.32 Å². The zero-order valence-electron chi connectivity index (χ0n) is 9.74. The number of amides is 1. The Balaban J connectivity index is 2.36. The summed E-state index contributed by atoms with van der Waals surface area (Å²) in [5.74, 6) is 0.555. The molecule has 1 amide bonds. The third kappa shape index (κ3) is 5.19. The molecule has 1 aromatic carbocycles. The molecule has 94 valence electrons. The number of methoxy groups -OCH3 is 1. The lowest BCUT2D eigenvalue weighted by Gasteiger charge is -2.06. The highest BCUT2D eigenvalue weighted by atomic mass is 79.9. The number of carbonyl (C=O) groups excluding carboxylic acids is 1. The van der Waals surface area contributed by atoms with Gasteiger partial charge in [-0.05, 0) is 18.2 Å². The van der Waals surface area contributed by atoms with Crippen LogP contribution in [0.15, 0.2) is 24.3 Å². The van der Waals surface area contributed by atoms with Crippen LogP contribution < -0.4 is 10.1 Å². The second-order valence-corrected chi connectivity index (χ2v) is 4.08. The van der Waals surface area contributed by atoms with Gasteiger partial charge in [-0.15, -0.1) is 0 Å². The Morgan fingerprint density at radius 1 is 1.41 bits per heavy atom. The molecule has 1 N–H and O–H groups in total. The number of ether oxygens (including phenoxy) is 2. The SMILES string of the molecule is COc1cccc(C(=O)NCCOCCBr)c1. The standard InChI is InChI=1S/C12H16BrNO3/c1-16-11-4-2-3-10(9-11)12(15)14-6-8-17-7-5-13/h2-4,9H,5-8H2,1H3,(H,14,15). The van der Waals surface area contributed by atoms with E-state index in [1.165, 1.54) is 0 Å². The van der Waals surface area contributed by atoms with Gasteiger partial charge in [-0.2, -0.15) is 0 Å². The quantitative estimate of drug-likeness (QED) is 0.617. The summed E-state index contributed by atoms with van der Waals surface area (Å²) >= 11 is 3.26. The van der Waals surface area contributed by atoms with Crippen LogP contribution in [0.3, 0.4) is 0 Å². The molecule has 0 bridgehead atoms. The van der Waals surface area contributed by atoms with Crippen LogP contribution in [0.1, 0.15) is 10.4 Å². The summed E-state index contributed by atoms with van der Waals surface area (Å²) in [4.78, 5) is 11.7. The minimum Gasteiger partial charge on any atom is -0.497 e. The number of rotatable bonds is 7. The monoisotopic (exact) mass is 301 g/mol. The van der Waals surface area contributed by atoms with E-state index in [9.17, 15) is 4.79 Å². The summed E-state index contributed by atoms with van der Waals surface area (Å²) in [6.45, 7) is 1.67. The molecule has 0 radical (unpaired) electrons. The number of nitrogens with one attached hydrogen (secondary N) is 1. The molecule has 0 spiro atoms. The van der Waals surface area contributed by atoms with Gasteiger partial charge in [0.1, 0.15) is 5.75 Å². The van der Waals surface area contributed by atoms with Crippen molar-refractivity contribution < 1.29 is 14.3 Å². The van der Waals surface area contributed by atoms with Gasteiger partial charge >= 0.3 is 0 Å². The van der Waals surface area contributed by atoms with Crippen molar-refractivity contribution in [3.8, 4) is 5.75 Å². The molecular weight excluding hydrogens is 286 g/mol. The molecule has 0 aromatic heterocycles. The Morgan fingerprint density at radius 3 is 2.94 bits per heavy atom. The van der Waals surface area contributed by atoms with Gasteiger partial charge in [0.15, 0.2) is 0 Å². The predicted molar refractivity (Wildman–Crippen MR) is 69.9 cm³/mol. The fourth-order valence-corrected chi connectivity index (χ4v) is 1.49. The summed E-state index contributed by atoms with van der Waals surface area (Å²) < 4.78 is 10.3. The smallest absolute Gasteiger partial charge is 0.251 e. The molecule has 4 nitrogen and oxygen atoms in total. The maximum Gasteiger partial charge on any atom is 0.251 e. The van der Waals surface area contributed by atoms with E-state index in [1.807, 2.05) is 0 Å². The third-order valence-corrected chi connectivity index (χ3v) is 2.41. The average Bonchev–Trinajstić information content (AvgIpc) is 2.38. The molecule has 0 saturated heterocycles. The maximum absolute atomic E-state index is 11.7. The highest BCUT2D eigenvalue weighted by Gasteiger charge is 2.05. The molecule has 1 aromatic rings. The van der Waals surface area contributed by atoms with Crippen LogP contribution in [0.5, 0.6) is 5.75 Å². The summed E-state index contributed by atoms with van der Waals surface area (Å²) in [6, 6.07) is 7.04. The lowest BCUT2D eigenvalue weighted by molar-refractivity contribution is 0.0924. The molecule has 0 heterocycles. The van der Waals surface area contributed by atoms with E-state index in [-0.39, 0.29) is 5.91 Å². The van der Waals surface area contributed by atoms with Crippen LogP contribution in [0.4, 0.5) is 0 Å². The highest BCUT2D eigenvalue weighted by Crippen LogP contribution is 2.12. The van der Waals surface area contributed by atoms with Crippen LogP contribution in [-0.2, 0) is 4.74 Å². The Bertz CT molecular complexity index is 357. The van der Waals surface area contributed by atoms with Crippen LogP contribution in [0, 0.1) is 0 Å². The van der Waals surface area contributed by atoms with Gasteiger partial charge < -0.3 is 14.8 Å². The number of benzene rings is 1. The zero-order valence-corrected chi connectivity index (χ0v) is 11.3. The second-order valence-electron chi connectivity index (χ2n) is 3.29. The van der Waals surface area contributed by atoms with Crippen LogP contribution in [-0.4, -0.2) is 38.1 Å². The lowest BCUT2D eigenvalue weighted by atomic mass is 10.2. The van der Waals surface area contributed by atoms with Crippen molar-refractivity contribution in [1.29, 1.82) is 0 Å². The van der Waals surface area contributed by atoms with E-state index >= 15 is 0 Å². The molecule has 0 aliphatic heterocycles. The summed E-state index contributed by atoms with van der Waals surface area (Å²) in [5, 5.41) is 3.58. The summed E-state index contributed by atoms with van der Waals surface area (Å²) in [7, 11) is 1.57. The van der Waals surface area contributed by atoms with Gasteiger partial charge in [-0.1, -0.05) is 22.0 Å². The topological polar surface area (TPSA) is 47.6 Å². The maximum atomic E-state index is 11.7. The molecule has 0 saturated carbocycles. The minimum atomic E-state index is -0.119. The number of halogens is 1. The van der Waals surface area contributed by atoms with Gasteiger partial charge in [-0.3, -0.25) is 4.79 Å². The molecule has 5 heteroatoms. The van der Waals surface area contributed by atoms with Gasteiger partial charge in [0, 0.05) is 17.4 Å². The Hall–Kier alpha value is -1.07. The second kappa shape index (κ2) is 8.08. The van der Waals surface area contributed by atoms with E-state index in [2.05, 4.69) is 21.2 Å². The fourth-order valence-electron chi connectivity index (χ4n) is 1.26. The molecular formula is C12H16BrNO3. The van der Waals surface area contributed by atoms with Gasteiger partial charge in [0.05, 0.1) is 20.3 Å². The number of alkyl halides is 1. The zero-order chi connectivity index (χ0) is 12.5. The van der Waals surface area contributed by atoms with E-state index in [0.717, 1.165) is 5.33 Å². The molecule has 1 rings (SSSR count). The molecule has 0 unspecified atom stereocenters. The van der Waals surface area contributed by atoms with Crippen molar-refractivity contribution in [3.05, 3.63) is 29.8 Å². The van der Waals surface area contributed by atoms with Crippen molar-refractivity contribution in [2.45, 2.75) is 0 Å². The van der Waals surface area contributed by atoms with Gasteiger partial charge in [0.25, 0.3) is 5.91 Å². The number of hydrogen-bond donors (Lipinski definition) is 1. The Labute approximate surface area is 109 Å². The first-order valence-electron chi connectivity index (χ1n) is 5.34. The predicted octanol–water partition coefficient (Wildman–Crippen LogP) is 1.84. The molecule has 0 fully saturated rings. The first kappa shape index (κ1) is 14.0. The third-order valence-electron chi connectivity index (χ3n) is 2.09. The first-order chi connectivity index (χ1) is 8.27. The van der Waals surface area contributed by atoms with E-state index in [0.29, 0.717) is 31.1 Å². The van der Waals surface area contributed by atoms with Gasteiger partial charge in [-0.25, -0.2) is 0 Å². The van der Waals surface area contributed by atoms with E-state index < -0.39 is 0 Å².